The summed E-state index contributed by atoms with van der Waals surface area (Å²) >= 11 is 0. The van der Waals surface area contributed by atoms with Crippen LogP contribution in [0, 0.1) is 5.82 Å². The number of aliphatic hydroxyl groups is 1. The normalized spacial score (nSPS) is 24.3. The van der Waals surface area contributed by atoms with Crippen LogP contribution in [0.4, 0.5) is 4.39 Å². The van der Waals surface area contributed by atoms with Gasteiger partial charge in [0, 0.05) is 31.7 Å². The topological polar surface area (TPSA) is 90.4 Å². The SMILES string of the molecule is COC(=O)c1ccc(CN2C(=O)[C@@H]3C[C@@H](O)CN3C3(CN(Cc4ccccc4F)C3)C2=O)cc1. The van der Waals surface area contributed by atoms with E-state index in [0.717, 1.165) is 0 Å². The Morgan fingerprint density at radius 3 is 2.50 bits per heavy atom. The van der Waals surface area contributed by atoms with Crippen LogP contribution < -0.4 is 0 Å². The van der Waals surface area contributed by atoms with Crippen LogP contribution in [0.1, 0.15) is 27.9 Å². The van der Waals surface area contributed by atoms with Gasteiger partial charge in [-0.3, -0.25) is 24.3 Å². The van der Waals surface area contributed by atoms with Crippen LogP contribution in [0.3, 0.4) is 0 Å². The van der Waals surface area contributed by atoms with E-state index in [1.807, 2.05) is 9.80 Å². The number of β-amino-alcohol motifs (C(OH)–C–C–N with tert-alkyl or cyclic N) is 1. The number of fused-ring (bicyclic) bond motifs is 2. The monoisotopic (exact) mass is 467 g/mol. The van der Waals surface area contributed by atoms with E-state index >= 15 is 0 Å². The summed E-state index contributed by atoms with van der Waals surface area (Å²) in [7, 11) is 1.30. The van der Waals surface area contributed by atoms with Crippen molar-refractivity contribution >= 4 is 17.8 Å². The van der Waals surface area contributed by atoms with Gasteiger partial charge in [-0.1, -0.05) is 30.3 Å². The zero-order valence-electron chi connectivity index (χ0n) is 18.8. The van der Waals surface area contributed by atoms with E-state index in [2.05, 4.69) is 0 Å². The minimum absolute atomic E-state index is 0.0780. The summed E-state index contributed by atoms with van der Waals surface area (Å²) in [6.45, 7) is 1.42. The van der Waals surface area contributed by atoms with Gasteiger partial charge in [0.15, 0.2) is 0 Å². The molecule has 0 aromatic heterocycles. The number of ether oxygens (including phenoxy) is 1. The van der Waals surface area contributed by atoms with Crippen molar-refractivity contribution in [2.75, 3.05) is 26.7 Å². The van der Waals surface area contributed by atoms with E-state index < -0.39 is 23.7 Å². The number of aliphatic hydroxyl groups excluding tert-OH is 1. The number of esters is 1. The number of amides is 2. The van der Waals surface area contributed by atoms with E-state index in [9.17, 15) is 23.9 Å². The quantitative estimate of drug-likeness (QED) is 0.522. The molecule has 1 spiro atoms. The van der Waals surface area contributed by atoms with Gasteiger partial charge in [0.2, 0.25) is 5.91 Å². The first-order valence-corrected chi connectivity index (χ1v) is 11.3. The highest BCUT2D eigenvalue weighted by Crippen LogP contribution is 2.41. The van der Waals surface area contributed by atoms with Crippen LogP contribution >= 0.6 is 0 Å². The molecule has 178 valence electrons. The number of imide groups is 1. The maximum Gasteiger partial charge on any atom is 0.337 e. The number of rotatable bonds is 5. The molecule has 0 radical (unpaired) electrons. The first-order chi connectivity index (χ1) is 16.3. The second-order valence-electron chi connectivity index (χ2n) is 9.24. The average molecular weight is 467 g/mol. The lowest BCUT2D eigenvalue weighted by atomic mass is 9.82. The largest absolute Gasteiger partial charge is 0.465 e. The molecule has 9 heteroatoms. The van der Waals surface area contributed by atoms with Crippen LogP contribution in [0.2, 0.25) is 0 Å². The van der Waals surface area contributed by atoms with Gasteiger partial charge in [0.05, 0.1) is 31.4 Å². The molecule has 0 bridgehead atoms. The first-order valence-electron chi connectivity index (χ1n) is 11.3. The van der Waals surface area contributed by atoms with Gasteiger partial charge in [-0.05, 0) is 30.2 Å². The van der Waals surface area contributed by atoms with Gasteiger partial charge in [0.25, 0.3) is 5.91 Å². The highest BCUT2D eigenvalue weighted by atomic mass is 19.1. The minimum Gasteiger partial charge on any atom is -0.465 e. The maximum atomic E-state index is 14.1. The molecule has 3 aliphatic rings. The molecule has 2 amide bonds. The molecule has 0 unspecified atom stereocenters. The number of carbonyl (C=O) groups excluding carboxylic acids is 3. The molecule has 2 aromatic carbocycles. The molecule has 1 N–H and O–H groups in total. The third-order valence-electron chi connectivity index (χ3n) is 7.06. The van der Waals surface area contributed by atoms with Crippen molar-refractivity contribution in [3.05, 3.63) is 71.0 Å². The van der Waals surface area contributed by atoms with E-state index in [0.29, 0.717) is 36.3 Å². The number of carbonyl (C=O) groups is 3. The Bertz CT molecular complexity index is 1130. The molecule has 2 atom stereocenters. The Morgan fingerprint density at radius 1 is 1.12 bits per heavy atom. The highest BCUT2D eigenvalue weighted by Gasteiger charge is 2.64. The standard InChI is InChI=1S/C25H26FN3O5/c1-34-23(32)17-8-6-16(7-9-17)11-28-22(31)21-10-19(30)13-29(21)25(24(28)33)14-27(15-25)12-18-4-2-3-5-20(18)26/h2-9,19,21,30H,10-15H2,1H3/t19-,21+/m1/s1. The predicted octanol–water partition coefficient (Wildman–Crippen LogP) is 1.17. The van der Waals surface area contributed by atoms with Gasteiger partial charge in [-0.15, -0.1) is 0 Å². The number of likely N-dealkylation sites (tertiary alicyclic amines) is 1. The molecular weight excluding hydrogens is 441 g/mol. The lowest BCUT2D eigenvalue weighted by Crippen LogP contribution is -2.81. The van der Waals surface area contributed by atoms with Crippen molar-refractivity contribution in [2.45, 2.75) is 37.2 Å². The van der Waals surface area contributed by atoms with Gasteiger partial charge in [-0.2, -0.15) is 0 Å². The van der Waals surface area contributed by atoms with Crippen molar-refractivity contribution in [2.24, 2.45) is 0 Å². The number of halogens is 1. The molecule has 8 nitrogen and oxygen atoms in total. The lowest BCUT2D eigenvalue weighted by Gasteiger charge is -2.58. The molecule has 3 heterocycles. The van der Waals surface area contributed by atoms with Crippen molar-refractivity contribution in [3.63, 3.8) is 0 Å². The number of hydrogen-bond donors (Lipinski definition) is 1. The van der Waals surface area contributed by atoms with Crippen molar-refractivity contribution in [1.29, 1.82) is 0 Å². The molecule has 3 aliphatic heterocycles. The molecule has 5 rings (SSSR count). The average Bonchev–Trinajstić information content (AvgIpc) is 3.21. The van der Waals surface area contributed by atoms with E-state index in [1.165, 1.54) is 18.1 Å². The Labute approximate surface area is 196 Å². The second kappa shape index (κ2) is 8.57. The molecule has 3 fully saturated rings. The summed E-state index contributed by atoms with van der Waals surface area (Å²) in [5.74, 6) is -1.38. The summed E-state index contributed by atoms with van der Waals surface area (Å²) in [4.78, 5) is 43.7. The Morgan fingerprint density at radius 2 is 1.82 bits per heavy atom. The summed E-state index contributed by atoms with van der Waals surface area (Å²) in [6, 6.07) is 12.6. The van der Waals surface area contributed by atoms with Crippen LogP contribution in [0.15, 0.2) is 48.5 Å². The van der Waals surface area contributed by atoms with Crippen LogP contribution in [0.25, 0.3) is 0 Å². The predicted molar refractivity (Wildman–Crippen MR) is 119 cm³/mol. The van der Waals surface area contributed by atoms with Gasteiger partial charge < -0.3 is 9.84 Å². The summed E-state index contributed by atoms with van der Waals surface area (Å²) in [6.07, 6.45) is -0.405. The fourth-order valence-electron chi connectivity index (χ4n) is 5.36. The van der Waals surface area contributed by atoms with Crippen LogP contribution in [-0.4, -0.2) is 82.0 Å². The maximum absolute atomic E-state index is 14.1. The fraction of sp³-hybridized carbons (Fsp3) is 0.400. The summed E-state index contributed by atoms with van der Waals surface area (Å²) in [5, 5.41) is 10.3. The smallest absolute Gasteiger partial charge is 0.337 e. The molecule has 0 aliphatic carbocycles. The highest BCUT2D eigenvalue weighted by molar-refractivity contribution is 6.06. The number of piperazine rings is 1. The Balaban J connectivity index is 1.37. The van der Waals surface area contributed by atoms with Crippen molar-refractivity contribution in [3.8, 4) is 0 Å². The first kappa shape index (κ1) is 22.6. The van der Waals surface area contributed by atoms with E-state index in [-0.39, 0.29) is 37.1 Å². The third-order valence-corrected chi connectivity index (χ3v) is 7.06. The zero-order valence-corrected chi connectivity index (χ0v) is 18.8. The lowest BCUT2D eigenvalue weighted by molar-refractivity contribution is -0.181. The molecule has 0 saturated carbocycles. The van der Waals surface area contributed by atoms with Crippen molar-refractivity contribution in [1.82, 2.24) is 14.7 Å². The Hall–Kier alpha value is -3.14. The number of nitrogens with zero attached hydrogens (tertiary/aromatic N) is 3. The zero-order chi connectivity index (χ0) is 24.0. The van der Waals surface area contributed by atoms with E-state index in [1.54, 1.807) is 42.5 Å². The minimum atomic E-state index is -0.923. The molecule has 3 saturated heterocycles. The molecule has 2 aromatic rings. The second-order valence-corrected chi connectivity index (χ2v) is 9.24. The van der Waals surface area contributed by atoms with Gasteiger partial charge >= 0.3 is 5.97 Å². The van der Waals surface area contributed by atoms with Gasteiger partial charge in [-0.25, -0.2) is 9.18 Å². The van der Waals surface area contributed by atoms with Gasteiger partial charge in [0.1, 0.15) is 11.4 Å². The van der Waals surface area contributed by atoms with Crippen LogP contribution in [0.5, 0.6) is 0 Å². The Kier molecular flexibility index (Phi) is 5.71. The molecular formula is C25H26FN3O5. The summed E-state index contributed by atoms with van der Waals surface area (Å²) < 4.78 is 18.8. The fourth-order valence-corrected chi connectivity index (χ4v) is 5.36. The molecule has 34 heavy (non-hydrogen) atoms. The van der Waals surface area contributed by atoms with Crippen molar-refractivity contribution < 1.29 is 28.6 Å². The number of hydrogen-bond acceptors (Lipinski definition) is 7. The van der Waals surface area contributed by atoms with E-state index in [4.69, 9.17) is 4.74 Å². The number of methoxy groups -OCH3 is 1. The number of benzene rings is 2. The van der Waals surface area contributed by atoms with Crippen LogP contribution in [-0.2, 0) is 27.4 Å². The summed E-state index contributed by atoms with van der Waals surface area (Å²) in [5.41, 5.74) is 0.718. The third kappa shape index (κ3) is 3.70.